The highest BCUT2D eigenvalue weighted by atomic mass is 35.5. The van der Waals surface area contributed by atoms with Crippen LogP contribution in [0.4, 0.5) is 13.2 Å². The van der Waals surface area contributed by atoms with Crippen LogP contribution in [0.3, 0.4) is 0 Å². The van der Waals surface area contributed by atoms with E-state index in [9.17, 15) is 23.0 Å². The number of pyridine rings is 1. The quantitative estimate of drug-likeness (QED) is 0.161. The first kappa shape index (κ1) is 31.8. The molecule has 0 fully saturated rings. The van der Waals surface area contributed by atoms with E-state index in [2.05, 4.69) is 10.5 Å². The van der Waals surface area contributed by atoms with Gasteiger partial charge in [0.2, 0.25) is 0 Å². The molecule has 2 aliphatic heterocycles. The van der Waals surface area contributed by atoms with Crippen molar-refractivity contribution in [3.8, 4) is 0 Å². The van der Waals surface area contributed by atoms with Gasteiger partial charge in [-0.25, -0.2) is 0 Å². The summed E-state index contributed by atoms with van der Waals surface area (Å²) in [5.74, 6) is -0.406. The number of nitrogens with one attached hydrogen (secondary N) is 1. The van der Waals surface area contributed by atoms with E-state index < -0.39 is 36.8 Å². The predicted molar refractivity (Wildman–Crippen MR) is 167 cm³/mol. The Bertz CT molecular complexity index is 1840. The summed E-state index contributed by atoms with van der Waals surface area (Å²) < 4.78 is 51.2. The second-order valence-electron chi connectivity index (χ2n) is 11.1. The van der Waals surface area contributed by atoms with E-state index in [1.54, 1.807) is 28.8 Å². The van der Waals surface area contributed by atoms with E-state index in [1.807, 2.05) is 32.0 Å². The lowest BCUT2D eigenvalue weighted by Crippen LogP contribution is -2.42. The molecule has 2 aromatic carbocycles. The van der Waals surface area contributed by atoms with E-state index in [0.717, 1.165) is 23.3 Å². The van der Waals surface area contributed by atoms with E-state index in [1.165, 1.54) is 6.07 Å². The van der Waals surface area contributed by atoms with Gasteiger partial charge in [0.1, 0.15) is 5.69 Å². The van der Waals surface area contributed by atoms with E-state index >= 15 is 0 Å². The van der Waals surface area contributed by atoms with Crippen molar-refractivity contribution in [1.29, 1.82) is 0 Å². The lowest BCUT2D eigenvalue weighted by molar-refractivity contribution is -0.275. The summed E-state index contributed by atoms with van der Waals surface area (Å²) in [4.78, 5) is 18.5. The van der Waals surface area contributed by atoms with Crippen LogP contribution < -0.4 is 10.8 Å². The standard InChI is InChI=1S/C31H26BCl3F3N3O4/c1-3-29(4-2)20-9-7-17(12-21(20)32(43)44-29)16-39-28(42)26-10-8-19(25-6-5-11-41(25)26)24-15-30(45-40-24,31(36,37)38)18-13-22(33)27(35)23(34)14-18/h5-14,43H,3-4,15-16H2,1-2H3,(H,39,42). The molecule has 234 valence electrons. The molecule has 14 heteroatoms. The molecule has 6 rings (SSSR count). The van der Waals surface area contributed by atoms with Crippen molar-refractivity contribution in [3.05, 3.63) is 104 Å². The molecule has 45 heavy (non-hydrogen) atoms. The van der Waals surface area contributed by atoms with Gasteiger partial charge in [-0.2, -0.15) is 13.2 Å². The predicted octanol–water partition coefficient (Wildman–Crippen LogP) is 7.14. The molecular formula is C31H26BCl3F3N3O4. The van der Waals surface area contributed by atoms with Crippen molar-refractivity contribution in [1.82, 2.24) is 9.72 Å². The lowest BCUT2D eigenvalue weighted by Gasteiger charge is -2.30. The van der Waals surface area contributed by atoms with E-state index in [4.69, 9.17) is 44.3 Å². The van der Waals surface area contributed by atoms with Gasteiger partial charge in [-0.05, 0) is 65.8 Å². The van der Waals surface area contributed by atoms with Crippen molar-refractivity contribution in [2.45, 2.75) is 57.0 Å². The number of amides is 1. The van der Waals surface area contributed by atoms with Gasteiger partial charge in [0.25, 0.3) is 11.5 Å². The van der Waals surface area contributed by atoms with Crippen LogP contribution in [0.25, 0.3) is 5.52 Å². The Morgan fingerprint density at radius 2 is 1.80 bits per heavy atom. The average Bonchev–Trinajstić information content (AvgIpc) is 3.75. The summed E-state index contributed by atoms with van der Waals surface area (Å²) in [6.45, 7) is 4.20. The number of oxime groups is 1. The van der Waals surface area contributed by atoms with Gasteiger partial charge in [0, 0.05) is 23.9 Å². The number of nitrogens with zero attached hydrogens (tertiary/aromatic N) is 2. The maximum absolute atomic E-state index is 14.6. The van der Waals surface area contributed by atoms with Crippen molar-refractivity contribution >= 4 is 64.5 Å². The highest BCUT2D eigenvalue weighted by Crippen LogP contribution is 2.51. The molecule has 2 aromatic heterocycles. The number of carbonyl (C=O) groups is 1. The zero-order chi connectivity index (χ0) is 32.3. The summed E-state index contributed by atoms with van der Waals surface area (Å²) in [6, 6.07) is 14.2. The number of alkyl halides is 3. The summed E-state index contributed by atoms with van der Waals surface area (Å²) >= 11 is 18.1. The van der Waals surface area contributed by atoms with Crippen molar-refractivity contribution < 1.29 is 32.5 Å². The van der Waals surface area contributed by atoms with Crippen LogP contribution in [0.1, 0.15) is 65.9 Å². The Morgan fingerprint density at radius 1 is 1.09 bits per heavy atom. The Hall–Kier alpha value is -3.22. The van der Waals surface area contributed by atoms with Crippen LogP contribution in [-0.4, -0.2) is 34.3 Å². The van der Waals surface area contributed by atoms with Gasteiger partial charge < -0.3 is 24.2 Å². The third-order valence-corrected chi connectivity index (χ3v) is 9.87. The molecule has 0 spiro atoms. The number of hydrogen-bond donors (Lipinski definition) is 2. The number of rotatable bonds is 7. The molecule has 0 saturated carbocycles. The van der Waals surface area contributed by atoms with Gasteiger partial charge >= 0.3 is 13.3 Å². The summed E-state index contributed by atoms with van der Waals surface area (Å²) in [7, 11) is -1.05. The van der Waals surface area contributed by atoms with E-state index in [-0.39, 0.29) is 38.6 Å². The summed E-state index contributed by atoms with van der Waals surface area (Å²) in [5, 5.41) is 16.9. The number of aromatic nitrogens is 1. The third kappa shape index (κ3) is 5.18. The molecule has 2 aliphatic rings. The lowest BCUT2D eigenvalue weighted by atomic mass is 9.76. The first-order chi connectivity index (χ1) is 21.3. The van der Waals surface area contributed by atoms with Gasteiger partial charge in [0.15, 0.2) is 0 Å². The van der Waals surface area contributed by atoms with Crippen LogP contribution in [-0.2, 0) is 27.2 Å². The molecule has 2 N–H and O–H groups in total. The third-order valence-electron chi connectivity index (χ3n) is 8.68. The van der Waals surface area contributed by atoms with Crippen molar-refractivity contribution in [2.75, 3.05) is 0 Å². The van der Waals surface area contributed by atoms with Crippen LogP contribution in [0.2, 0.25) is 15.1 Å². The SMILES string of the molecule is CCC1(CC)OB(O)c2cc(CNC(=O)c3ccc(C4=NOC(c5cc(Cl)c(Cl)c(Cl)c5)(C(F)(F)F)C4)c4cccn34)ccc21. The molecular weight excluding hydrogens is 653 g/mol. The Morgan fingerprint density at radius 3 is 2.47 bits per heavy atom. The fourth-order valence-electron chi connectivity index (χ4n) is 6.16. The minimum absolute atomic E-state index is 0.0272. The largest absolute Gasteiger partial charge is 0.492 e. The molecule has 1 amide bonds. The monoisotopic (exact) mass is 677 g/mol. The zero-order valence-electron chi connectivity index (χ0n) is 24.0. The molecule has 4 heterocycles. The Balaban J connectivity index is 1.25. The maximum Gasteiger partial charge on any atom is 0.492 e. The minimum atomic E-state index is -4.88. The number of hydrogen-bond acceptors (Lipinski definition) is 5. The van der Waals surface area contributed by atoms with Gasteiger partial charge in [-0.3, -0.25) is 4.79 Å². The van der Waals surface area contributed by atoms with Crippen molar-refractivity contribution in [2.24, 2.45) is 5.16 Å². The second kappa shape index (κ2) is 11.5. The molecule has 1 unspecified atom stereocenters. The van der Waals surface area contributed by atoms with Crippen molar-refractivity contribution in [3.63, 3.8) is 0 Å². The van der Waals surface area contributed by atoms with Gasteiger partial charge in [0.05, 0.1) is 38.3 Å². The Kier molecular flexibility index (Phi) is 8.15. The highest BCUT2D eigenvalue weighted by Gasteiger charge is 2.62. The molecule has 0 radical (unpaired) electrons. The first-order valence-electron chi connectivity index (χ1n) is 14.2. The molecule has 0 bridgehead atoms. The fourth-order valence-corrected chi connectivity index (χ4v) is 6.75. The molecule has 4 aromatic rings. The zero-order valence-corrected chi connectivity index (χ0v) is 26.3. The average molecular weight is 679 g/mol. The number of carbonyl (C=O) groups excluding carboxylic acids is 1. The molecule has 0 aliphatic carbocycles. The molecule has 1 atom stereocenters. The number of fused-ring (bicyclic) bond motifs is 2. The maximum atomic E-state index is 14.6. The highest BCUT2D eigenvalue weighted by molar-refractivity contribution is 6.62. The van der Waals surface area contributed by atoms with Gasteiger partial charge in [-0.1, -0.05) is 72.0 Å². The Labute approximate surface area is 272 Å². The number of halogens is 6. The van der Waals surface area contributed by atoms with Crippen LogP contribution in [0.15, 0.2) is 65.9 Å². The normalized spacial score (nSPS) is 19.0. The molecule has 7 nitrogen and oxygen atoms in total. The van der Waals surface area contributed by atoms with Crippen LogP contribution in [0, 0.1) is 0 Å². The summed E-state index contributed by atoms with van der Waals surface area (Å²) in [5.41, 5.74) is -0.218. The smallest absolute Gasteiger partial charge is 0.423 e. The van der Waals surface area contributed by atoms with E-state index in [0.29, 0.717) is 29.4 Å². The fraction of sp³-hybridized carbons (Fsp3) is 0.290. The summed E-state index contributed by atoms with van der Waals surface area (Å²) in [6.07, 6.45) is -2.48. The number of benzene rings is 2. The first-order valence-corrected chi connectivity index (χ1v) is 15.3. The minimum Gasteiger partial charge on any atom is -0.423 e. The van der Waals surface area contributed by atoms with Crippen LogP contribution >= 0.6 is 34.8 Å². The van der Waals surface area contributed by atoms with Gasteiger partial charge in [-0.15, -0.1) is 0 Å². The second-order valence-corrected chi connectivity index (χ2v) is 12.2. The van der Waals surface area contributed by atoms with Crippen LogP contribution in [0.5, 0.6) is 0 Å². The topological polar surface area (TPSA) is 84.6 Å². The molecule has 0 saturated heterocycles.